The first kappa shape index (κ1) is 11.7. The Kier molecular flexibility index (Phi) is 5.18. The highest BCUT2D eigenvalue weighted by Crippen LogP contribution is 2.29. The van der Waals surface area contributed by atoms with Crippen LogP contribution in [0.2, 0.25) is 0 Å². The molecule has 0 aromatic heterocycles. The molecule has 0 aliphatic rings. The average molecular weight is 172 g/mol. The minimum atomic E-state index is -0.226. The van der Waals surface area contributed by atoms with E-state index in [9.17, 15) is 0 Å². The Morgan fingerprint density at radius 3 is 2.42 bits per heavy atom. The first-order valence-electron chi connectivity index (χ1n) is 4.40. The lowest BCUT2D eigenvalue weighted by Crippen LogP contribution is -2.37. The van der Waals surface area contributed by atoms with Crippen molar-refractivity contribution in [3.05, 3.63) is 12.7 Å². The van der Waals surface area contributed by atoms with E-state index in [-0.39, 0.29) is 12.2 Å². The summed E-state index contributed by atoms with van der Waals surface area (Å²) in [5, 5.41) is 8.89. The van der Waals surface area contributed by atoms with Crippen LogP contribution >= 0.6 is 0 Å². The Morgan fingerprint density at radius 2 is 2.17 bits per heavy atom. The molecule has 0 aromatic rings. The third-order valence-corrected chi connectivity index (χ3v) is 2.48. The highest BCUT2D eigenvalue weighted by atomic mass is 16.5. The Labute approximate surface area is 75.2 Å². The molecule has 2 nitrogen and oxygen atoms in total. The van der Waals surface area contributed by atoms with Gasteiger partial charge < -0.3 is 9.84 Å². The van der Waals surface area contributed by atoms with Gasteiger partial charge in [0.15, 0.2) is 0 Å². The fourth-order valence-corrected chi connectivity index (χ4v) is 1.48. The summed E-state index contributed by atoms with van der Waals surface area (Å²) in [6, 6.07) is 0. The Bertz CT molecular complexity index is 132. The molecular weight excluding hydrogens is 152 g/mol. The number of aliphatic hydroxyl groups excluding tert-OH is 1. The lowest BCUT2D eigenvalue weighted by Gasteiger charge is -2.35. The molecule has 0 heterocycles. The predicted molar refractivity (Wildman–Crippen MR) is 51.1 cm³/mol. The van der Waals surface area contributed by atoms with Crippen molar-refractivity contribution in [1.29, 1.82) is 0 Å². The molecule has 0 saturated carbocycles. The molecule has 0 spiro atoms. The molecular formula is C10H20O2. The van der Waals surface area contributed by atoms with Crippen LogP contribution in [0.15, 0.2) is 12.7 Å². The van der Waals surface area contributed by atoms with Crippen LogP contribution in [0.25, 0.3) is 0 Å². The van der Waals surface area contributed by atoms with Crippen LogP contribution in [0.1, 0.15) is 26.7 Å². The zero-order valence-corrected chi connectivity index (χ0v) is 8.34. The first-order valence-corrected chi connectivity index (χ1v) is 4.40. The Balaban J connectivity index is 4.38. The summed E-state index contributed by atoms with van der Waals surface area (Å²) < 4.78 is 5.45. The molecule has 0 amide bonds. The molecule has 1 atom stereocenters. The van der Waals surface area contributed by atoms with Crippen LogP contribution in [0.5, 0.6) is 0 Å². The maximum absolute atomic E-state index is 8.89. The molecule has 0 bridgehead atoms. The number of hydrogen-bond donors (Lipinski definition) is 1. The minimum Gasteiger partial charge on any atom is -0.396 e. The van der Waals surface area contributed by atoms with Gasteiger partial charge in [-0.3, -0.25) is 0 Å². The zero-order valence-electron chi connectivity index (χ0n) is 8.34. The van der Waals surface area contributed by atoms with Gasteiger partial charge in [0.25, 0.3) is 0 Å². The Hall–Kier alpha value is -0.340. The molecule has 0 saturated heterocycles. The van der Waals surface area contributed by atoms with Gasteiger partial charge >= 0.3 is 0 Å². The Morgan fingerprint density at radius 1 is 1.58 bits per heavy atom. The third kappa shape index (κ3) is 2.61. The molecule has 0 fully saturated rings. The van der Waals surface area contributed by atoms with Crippen LogP contribution in [-0.2, 0) is 4.74 Å². The number of ether oxygens (including phenoxy) is 1. The quantitative estimate of drug-likeness (QED) is 0.621. The van der Waals surface area contributed by atoms with E-state index in [2.05, 4.69) is 20.4 Å². The molecule has 0 radical (unpaired) electrons. The van der Waals surface area contributed by atoms with E-state index < -0.39 is 0 Å². The van der Waals surface area contributed by atoms with Gasteiger partial charge in [-0.15, -0.1) is 6.58 Å². The molecule has 0 aliphatic carbocycles. The van der Waals surface area contributed by atoms with Gasteiger partial charge in [0, 0.05) is 20.1 Å². The number of hydrogen-bond acceptors (Lipinski definition) is 2. The third-order valence-electron chi connectivity index (χ3n) is 2.48. The fourth-order valence-electron chi connectivity index (χ4n) is 1.48. The van der Waals surface area contributed by atoms with E-state index in [1.54, 1.807) is 7.11 Å². The van der Waals surface area contributed by atoms with Crippen molar-refractivity contribution in [2.45, 2.75) is 32.3 Å². The van der Waals surface area contributed by atoms with Gasteiger partial charge in [-0.05, 0) is 12.3 Å². The highest BCUT2D eigenvalue weighted by molar-refractivity contribution is 4.90. The largest absolute Gasteiger partial charge is 0.396 e. The monoisotopic (exact) mass is 172 g/mol. The van der Waals surface area contributed by atoms with Gasteiger partial charge in [-0.1, -0.05) is 19.9 Å². The number of methoxy groups -OCH3 is 1. The summed E-state index contributed by atoms with van der Waals surface area (Å²) >= 11 is 0. The van der Waals surface area contributed by atoms with Crippen LogP contribution in [0.4, 0.5) is 0 Å². The van der Waals surface area contributed by atoms with E-state index in [4.69, 9.17) is 9.84 Å². The van der Waals surface area contributed by atoms with E-state index in [0.717, 1.165) is 6.42 Å². The van der Waals surface area contributed by atoms with Gasteiger partial charge in [-0.25, -0.2) is 0 Å². The van der Waals surface area contributed by atoms with Gasteiger partial charge in [0.05, 0.1) is 5.60 Å². The second kappa shape index (κ2) is 5.33. The van der Waals surface area contributed by atoms with Crippen LogP contribution in [0.3, 0.4) is 0 Å². The molecule has 0 aliphatic heterocycles. The SMILES string of the molecule is C=CCC(CCO)(OC)C(C)C. The lowest BCUT2D eigenvalue weighted by atomic mass is 9.84. The molecule has 1 unspecified atom stereocenters. The summed E-state index contributed by atoms with van der Waals surface area (Å²) in [7, 11) is 1.69. The lowest BCUT2D eigenvalue weighted by molar-refractivity contribution is -0.0608. The molecule has 2 heteroatoms. The second-order valence-electron chi connectivity index (χ2n) is 3.39. The maximum Gasteiger partial charge on any atom is 0.0757 e. The number of rotatable bonds is 6. The van der Waals surface area contributed by atoms with Crippen molar-refractivity contribution >= 4 is 0 Å². The summed E-state index contributed by atoms with van der Waals surface area (Å²) in [6.07, 6.45) is 3.31. The summed E-state index contributed by atoms with van der Waals surface area (Å²) in [4.78, 5) is 0. The van der Waals surface area contributed by atoms with Crippen molar-refractivity contribution in [2.24, 2.45) is 5.92 Å². The standard InChI is InChI=1S/C10H20O2/c1-5-6-10(12-4,7-8-11)9(2)3/h5,9,11H,1,6-8H2,2-4H3. The zero-order chi connectivity index (χ0) is 9.61. The van der Waals surface area contributed by atoms with Crippen LogP contribution in [-0.4, -0.2) is 24.4 Å². The minimum absolute atomic E-state index is 0.167. The second-order valence-corrected chi connectivity index (χ2v) is 3.39. The molecule has 72 valence electrons. The first-order chi connectivity index (χ1) is 5.63. The smallest absolute Gasteiger partial charge is 0.0757 e. The normalized spacial score (nSPS) is 16.1. The van der Waals surface area contributed by atoms with Crippen molar-refractivity contribution in [2.75, 3.05) is 13.7 Å². The van der Waals surface area contributed by atoms with Crippen molar-refractivity contribution in [3.8, 4) is 0 Å². The number of aliphatic hydroxyl groups is 1. The molecule has 1 N–H and O–H groups in total. The summed E-state index contributed by atoms with van der Waals surface area (Å²) in [5.74, 6) is 0.396. The van der Waals surface area contributed by atoms with Crippen LogP contribution in [0, 0.1) is 5.92 Å². The van der Waals surface area contributed by atoms with Gasteiger partial charge in [0.2, 0.25) is 0 Å². The molecule has 0 aromatic carbocycles. The van der Waals surface area contributed by atoms with Crippen molar-refractivity contribution < 1.29 is 9.84 Å². The van der Waals surface area contributed by atoms with Crippen molar-refractivity contribution in [1.82, 2.24) is 0 Å². The van der Waals surface area contributed by atoms with Crippen LogP contribution < -0.4 is 0 Å². The predicted octanol–water partition coefficient (Wildman–Crippen LogP) is 1.99. The fraction of sp³-hybridized carbons (Fsp3) is 0.800. The van der Waals surface area contributed by atoms with Gasteiger partial charge in [-0.2, -0.15) is 0 Å². The van der Waals surface area contributed by atoms with E-state index in [0.29, 0.717) is 12.3 Å². The maximum atomic E-state index is 8.89. The van der Waals surface area contributed by atoms with Gasteiger partial charge in [0.1, 0.15) is 0 Å². The van der Waals surface area contributed by atoms with E-state index in [1.807, 2.05) is 6.08 Å². The van der Waals surface area contributed by atoms with E-state index in [1.165, 1.54) is 0 Å². The summed E-state index contributed by atoms with van der Waals surface area (Å²) in [5.41, 5.74) is -0.226. The van der Waals surface area contributed by atoms with Crippen molar-refractivity contribution in [3.63, 3.8) is 0 Å². The topological polar surface area (TPSA) is 29.5 Å². The van der Waals surface area contributed by atoms with E-state index >= 15 is 0 Å². The molecule has 0 rings (SSSR count). The summed E-state index contributed by atoms with van der Waals surface area (Å²) in [6.45, 7) is 8.06. The average Bonchev–Trinajstić information content (AvgIpc) is 2.03. The highest BCUT2D eigenvalue weighted by Gasteiger charge is 2.31. The molecule has 12 heavy (non-hydrogen) atoms.